The SMILES string of the molecule is C=CC(=O)Nc1cccc(N2C(=O)C(C(C)C)N(C)C(=O)c3cnc(Nc4ccc(N5CCN(C)CC5)cc4OC)nc32)c1. The Bertz CT molecular complexity index is 1580. The lowest BCUT2D eigenvalue weighted by atomic mass is 10.0. The van der Waals surface area contributed by atoms with Crippen molar-refractivity contribution in [2.45, 2.75) is 19.9 Å². The van der Waals surface area contributed by atoms with Gasteiger partial charge in [0.25, 0.3) is 11.8 Å². The van der Waals surface area contributed by atoms with Crippen LogP contribution in [0, 0.1) is 5.92 Å². The van der Waals surface area contributed by atoms with Gasteiger partial charge in [-0.05, 0) is 49.4 Å². The molecular weight excluding hydrogens is 560 g/mol. The molecule has 2 N–H and O–H groups in total. The first-order chi connectivity index (χ1) is 21.1. The van der Waals surface area contributed by atoms with Crippen molar-refractivity contribution in [1.82, 2.24) is 19.8 Å². The summed E-state index contributed by atoms with van der Waals surface area (Å²) in [6.07, 6.45) is 2.60. The molecule has 0 spiro atoms. The van der Waals surface area contributed by atoms with Crippen molar-refractivity contribution in [3.8, 4) is 5.75 Å². The average molecular weight is 599 g/mol. The summed E-state index contributed by atoms with van der Waals surface area (Å²) in [5.41, 5.74) is 2.76. The molecule has 1 atom stereocenters. The van der Waals surface area contributed by atoms with Gasteiger partial charge in [0.2, 0.25) is 11.9 Å². The van der Waals surface area contributed by atoms with E-state index < -0.39 is 6.04 Å². The van der Waals surface area contributed by atoms with Crippen molar-refractivity contribution in [3.63, 3.8) is 0 Å². The summed E-state index contributed by atoms with van der Waals surface area (Å²) < 4.78 is 5.71. The molecule has 3 heterocycles. The standard InChI is InChI=1S/C32H38N8O4/c1-7-27(41)34-21-9-8-10-23(17-21)40-29-24(30(42)38(5)28(20(2)3)31(40)43)19-33-32(36-29)35-25-12-11-22(18-26(25)44-6)39-15-13-37(4)14-16-39/h7-12,17-20,28H,1,13-16H2,2-6H3,(H,34,41)(H,33,35,36). The molecule has 44 heavy (non-hydrogen) atoms. The summed E-state index contributed by atoms with van der Waals surface area (Å²) in [7, 11) is 5.33. The van der Waals surface area contributed by atoms with Crippen LogP contribution in [0.15, 0.2) is 61.3 Å². The number of hydrogen-bond donors (Lipinski definition) is 2. The van der Waals surface area contributed by atoms with E-state index in [1.54, 1.807) is 38.4 Å². The van der Waals surface area contributed by atoms with Gasteiger partial charge in [0.15, 0.2) is 5.82 Å². The Balaban J connectivity index is 1.55. The number of aromatic nitrogens is 2. The van der Waals surface area contributed by atoms with Crippen LogP contribution in [0.25, 0.3) is 0 Å². The van der Waals surface area contributed by atoms with Crippen LogP contribution in [0.5, 0.6) is 5.75 Å². The van der Waals surface area contributed by atoms with Crippen molar-refractivity contribution < 1.29 is 19.1 Å². The summed E-state index contributed by atoms with van der Waals surface area (Å²) in [5.74, 6) is -0.359. The number of hydrogen-bond acceptors (Lipinski definition) is 9. The zero-order chi connectivity index (χ0) is 31.5. The number of fused-ring (bicyclic) bond motifs is 1. The second-order valence-corrected chi connectivity index (χ2v) is 11.3. The maximum Gasteiger partial charge on any atom is 0.259 e. The molecule has 0 radical (unpaired) electrons. The molecule has 0 saturated carbocycles. The zero-order valence-electron chi connectivity index (χ0n) is 25.7. The molecule has 3 amide bonds. The highest BCUT2D eigenvalue weighted by Crippen LogP contribution is 2.37. The molecule has 1 saturated heterocycles. The van der Waals surface area contributed by atoms with Crippen molar-refractivity contribution in [1.29, 1.82) is 0 Å². The molecule has 5 rings (SSSR count). The van der Waals surface area contributed by atoms with E-state index in [1.807, 2.05) is 32.0 Å². The number of nitrogens with one attached hydrogen (secondary N) is 2. The first-order valence-corrected chi connectivity index (χ1v) is 14.5. The summed E-state index contributed by atoms with van der Waals surface area (Å²) >= 11 is 0. The Kier molecular flexibility index (Phi) is 8.81. The van der Waals surface area contributed by atoms with E-state index in [-0.39, 0.29) is 41.0 Å². The molecule has 0 bridgehead atoms. The van der Waals surface area contributed by atoms with Crippen molar-refractivity contribution in [2.24, 2.45) is 5.92 Å². The van der Waals surface area contributed by atoms with Gasteiger partial charge in [-0.25, -0.2) is 4.98 Å². The number of ether oxygens (including phenoxy) is 1. The third-order valence-corrected chi connectivity index (χ3v) is 7.91. The second-order valence-electron chi connectivity index (χ2n) is 11.3. The van der Waals surface area contributed by atoms with Crippen LogP contribution in [-0.2, 0) is 9.59 Å². The second kappa shape index (κ2) is 12.7. The number of anilines is 6. The molecule has 0 aliphatic carbocycles. The lowest BCUT2D eigenvalue weighted by Crippen LogP contribution is -2.48. The van der Waals surface area contributed by atoms with Crippen molar-refractivity contribution in [3.05, 3.63) is 66.9 Å². The molecule has 2 aliphatic heterocycles. The van der Waals surface area contributed by atoms with Crippen LogP contribution < -0.4 is 25.2 Å². The number of nitrogens with zero attached hydrogens (tertiary/aromatic N) is 6. The van der Waals surface area contributed by atoms with Crippen LogP contribution >= 0.6 is 0 Å². The molecule has 2 aliphatic rings. The monoisotopic (exact) mass is 598 g/mol. The van der Waals surface area contributed by atoms with E-state index in [2.05, 4.69) is 39.0 Å². The summed E-state index contributed by atoms with van der Waals surface area (Å²) in [6, 6.07) is 11.9. The van der Waals surface area contributed by atoms with E-state index in [9.17, 15) is 14.4 Å². The van der Waals surface area contributed by atoms with Crippen LogP contribution in [-0.4, -0.2) is 90.9 Å². The molecule has 1 fully saturated rings. The Morgan fingerprint density at radius 1 is 1.07 bits per heavy atom. The topological polar surface area (TPSA) is 123 Å². The van der Waals surface area contributed by atoms with Gasteiger partial charge in [-0.1, -0.05) is 26.5 Å². The maximum absolute atomic E-state index is 14.2. The normalized spacial score (nSPS) is 17.3. The quantitative estimate of drug-likeness (QED) is 0.372. The lowest BCUT2D eigenvalue weighted by Gasteiger charge is -2.34. The summed E-state index contributed by atoms with van der Waals surface area (Å²) in [4.78, 5) is 56.5. The van der Waals surface area contributed by atoms with Gasteiger partial charge < -0.3 is 30.1 Å². The number of amides is 3. The number of carbonyl (C=O) groups excluding carboxylic acids is 3. The average Bonchev–Trinajstić information content (AvgIpc) is 3.09. The van der Waals surface area contributed by atoms with Crippen LogP contribution in [0.3, 0.4) is 0 Å². The predicted molar refractivity (Wildman–Crippen MR) is 171 cm³/mol. The van der Waals surface area contributed by atoms with Gasteiger partial charge in [0.05, 0.1) is 18.5 Å². The van der Waals surface area contributed by atoms with E-state index in [0.29, 0.717) is 22.8 Å². The lowest BCUT2D eigenvalue weighted by molar-refractivity contribution is -0.123. The first kappa shape index (κ1) is 30.5. The zero-order valence-corrected chi connectivity index (χ0v) is 25.7. The van der Waals surface area contributed by atoms with Crippen molar-refractivity contribution in [2.75, 3.05) is 67.8 Å². The van der Waals surface area contributed by atoms with Crippen LogP contribution in [0.1, 0.15) is 24.2 Å². The number of rotatable bonds is 8. The highest BCUT2D eigenvalue weighted by Gasteiger charge is 2.41. The molecule has 230 valence electrons. The smallest absolute Gasteiger partial charge is 0.259 e. The Hall–Kier alpha value is -4.97. The fourth-order valence-corrected chi connectivity index (χ4v) is 5.54. The maximum atomic E-state index is 14.2. The Morgan fingerprint density at radius 2 is 1.82 bits per heavy atom. The Morgan fingerprint density at radius 3 is 2.50 bits per heavy atom. The van der Waals surface area contributed by atoms with Crippen molar-refractivity contribution >= 4 is 52.2 Å². The minimum atomic E-state index is -0.762. The molecule has 2 aromatic carbocycles. The number of likely N-dealkylation sites (N-methyl/N-ethyl adjacent to an activating group) is 2. The fraction of sp³-hybridized carbons (Fsp3) is 0.344. The minimum absolute atomic E-state index is 0.132. The van der Waals surface area contributed by atoms with E-state index in [1.165, 1.54) is 22.1 Å². The van der Waals surface area contributed by atoms with E-state index >= 15 is 0 Å². The third-order valence-electron chi connectivity index (χ3n) is 7.91. The third kappa shape index (κ3) is 6.06. The van der Waals surface area contributed by atoms with E-state index in [0.717, 1.165) is 31.9 Å². The largest absolute Gasteiger partial charge is 0.494 e. The first-order valence-electron chi connectivity index (χ1n) is 14.5. The molecular formula is C32H38N8O4. The fourth-order valence-electron chi connectivity index (χ4n) is 5.54. The van der Waals surface area contributed by atoms with Gasteiger partial charge in [-0.3, -0.25) is 19.3 Å². The number of piperazine rings is 1. The van der Waals surface area contributed by atoms with Gasteiger partial charge in [-0.2, -0.15) is 4.98 Å². The van der Waals surface area contributed by atoms with Gasteiger partial charge >= 0.3 is 0 Å². The molecule has 1 unspecified atom stereocenters. The van der Waals surface area contributed by atoms with Gasteiger partial charge in [-0.15, -0.1) is 0 Å². The van der Waals surface area contributed by atoms with Gasteiger partial charge in [0, 0.05) is 56.9 Å². The van der Waals surface area contributed by atoms with Gasteiger partial charge in [0.1, 0.15) is 17.4 Å². The molecule has 12 heteroatoms. The van der Waals surface area contributed by atoms with Crippen LogP contribution in [0.4, 0.5) is 34.5 Å². The summed E-state index contributed by atoms with van der Waals surface area (Å²) in [5, 5.41) is 5.95. The predicted octanol–water partition coefficient (Wildman–Crippen LogP) is 3.88. The molecule has 12 nitrogen and oxygen atoms in total. The molecule has 3 aromatic rings. The minimum Gasteiger partial charge on any atom is -0.494 e. The number of methoxy groups -OCH3 is 1. The Labute approximate surface area is 257 Å². The van der Waals surface area contributed by atoms with E-state index in [4.69, 9.17) is 9.72 Å². The molecule has 1 aromatic heterocycles. The highest BCUT2D eigenvalue weighted by atomic mass is 16.5. The highest BCUT2D eigenvalue weighted by molar-refractivity contribution is 6.13. The van der Waals surface area contributed by atoms with Crippen LogP contribution in [0.2, 0.25) is 0 Å². The number of carbonyl (C=O) groups is 3. The number of benzene rings is 2. The summed E-state index contributed by atoms with van der Waals surface area (Å²) in [6.45, 7) is 11.1.